The van der Waals surface area contributed by atoms with Crippen molar-refractivity contribution in [1.82, 2.24) is 9.21 Å². The van der Waals surface area contributed by atoms with Crippen molar-refractivity contribution in [3.05, 3.63) is 59.7 Å². The summed E-state index contributed by atoms with van der Waals surface area (Å²) < 4.78 is 27.1. The second kappa shape index (κ2) is 8.78. The smallest absolute Gasteiger partial charge is 0.253 e. The zero-order chi connectivity index (χ0) is 21.1. The molecule has 160 valence electrons. The molecule has 0 unspecified atom stereocenters. The van der Waals surface area contributed by atoms with Gasteiger partial charge in [0.15, 0.2) is 0 Å². The molecule has 0 N–H and O–H groups in total. The Bertz CT molecular complexity index is 991. The van der Waals surface area contributed by atoms with Gasteiger partial charge in [-0.25, -0.2) is 8.42 Å². The lowest BCUT2D eigenvalue weighted by atomic mass is 10.1. The van der Waals surface area contributed by atoms with Gasteiger partial charge in [-0.1, -0.05) is 24.6 Å². The maximum atomic E-state index is 12.9. The molecule has 2 aliphatic heterocycles. The number of carbonyl (C=O) groups excluding carboxylic acids is 1. The molecule has 30 heavy (non-hydrogen) atoms. The first-order chi connectivity index (χ1) is 14.5. The standard InChI is InChI=1S/C23H29N3O3S/c1-19-7-3-4-8-22(19)24-15-17-25(18-16-24)23(27)20-9-11-21(12-10-20)30(28,29)26-13-5-2-6-14-26/h3-4,7-12H,2,5-6,13-18H2,1H3. The van der Waals surface area contributed by atoms with Crippen molar-refractivity contribution in [3.63, 3.8) is 0 Å². The highest BCUT2D eigenvalue weighted by Gasteiger charge is 2.27. The van der Waals surface area contributed by atoms with E-state index in [1.54, 1.807) is 28.6 Å². The van der Waals surface area contributed by atoms with Crippen LogP contribution in [-0.4, -0.2) is 62.8 Å². The molecule has 0 atom stereocenters. The van der Waals surface area contributed by atoms with Crippen molar-refractivity contribution in [1.29, 1.82) is 0 Å². The summed E-state index contributed by atoms with van der Waals surface area (Å²) in [5.74, 6) is -0.0404. The van der Waals surface area contributed by atoms with Crippen LogP contribution in [0.4, 0.5) is 5.69 Å². The van der Waals surface area contributed by atoms with Crippen LogP contribution in [0.15, 0.2) is 53.4 Å². The lowest BCUT2D eigenvalue weighted by molar-refractivity contribution is 0.0746. The first-order valence-electron chi connectivity index (χ1n) is 10.7. The van der Waals surface area contributed by atoms with Gasteiger partial charge in [-0.3, -0.25) is 4.79 Å². The van der Waals surface area contributed by atoms with Gasteiger partial charge < -0.3 is 9.80 Å². The molecule has 4 rings (SSSR count). The fraction of sp³-hybridized carbons (Fsp3) is 0.435. The molecule has 2 aromatic carbocycles. The van der Waals surface area contributed by atoms with Crippen molar-refractivity contribution < 1.29 is 13.2 Å². The molecule has 0 spiro atoms. The van der Waals surface area contributed by atoms with Gasteiger partial charge in [0.05, 0.1) is 4.90 Å². The minimum atomic E-state index is -3.47. The van der Waals surface area contributed by atoms with Crippen LogP contribution < -0.4 is 4.90 Å². The Labute approximate surface area is 179 Å². The molecule has 2 aromatic rings. The number of nitrogens with zero attached hydrogens (tertiary/aromatic N) is 3. The van der Waals surface area contributed by atoms with Crippen molar-refractivity contribution in [2.24, 2.45) is 0 Å². The van der Waals surface area contributed by atoms with Gasteiger partial charge >= 0.3 is 0 Å². The van der Waals surface area contributed by atoms with E-state index in [0.717, 1.165) is 32.4 Å². The number of hydrogen-bond donors (Lipinski definition) is 0. The maximum absolute atomic E-state index is 12.9. The number of sulfonamides is 1. The van der Waals surface area contributed by atoms with Gasteiger partial charge in [0.2, 0.25) is 10.0 Å². The van der Waals surface area contributed by atoms with Crippen LogP contribution in [0.3, 0.4) is 0 Å². The molecule has 7 heteroatoms. The summed E-state index contributed by atoms with van der Waals surface area (Å²) in [6, 6.07) is 14.7. The van der Waals surface area contributed by atoms with Gasteiger partial charge in [0.25, 0.3) is 5.91 Å². The zero-order valence-corrected chi connectivity index (χ0v) is 18.3. The summed E-state index contributed by atoms with van der Waals surface area (Å²) in [4.78, 5) is 17.4. The van der Waals surface area contributed by atoms with Crippen LogP contribution in [0.5, 0.6) is 0 Å². The average molecular weight is 428 g/mol. The largest absolute Gasteiger partial charge is 0.368 e. The topological polar surface area (TPSA) is 60.9 Å². The molecular weight excluding hydrogens is 398 g/mol. The third-order valence-corrected chi connectivity index (χ3v) is 7.99. The fourth-order valence-electron chi connectivity index (χ4n) is 4.28. The minimum Gasteiger partial charge on any atom is -0.368 e. The molecule has 2 fully saturated rings. The molecular formula is C23H29N3O3S. The number of aryl methyl sites for hydroxylation is 1. The fourth-order valence-corrected chi connectivity index (χ4v) is 5.79. The summed E-state index contributed by atoms with van der Waals surface area (Å²) in [6.07, 6.45) is 2.89. The quantitative estimate of drug-likeness (QED) is 0.752. The number of amides is 1. The van der Waals surface area contributed by atoms with Crippen LogP contribution >= 0.6 is 0 Å². The van der Waals surface area contributed by atoms with Crippen LogP contribution in [-0.2, 0) is 10.0 Å². The minimum absolute atomic E-state index is 0.0404. The van der Waals surface area contributed by atoms with Crippen molar-refractivity contribution in [2.75, 3.05) is 44.2 Å². The second-order valence-electron chi connectivity index (χ2n) is 8.05. The van der Waals surface area contributed by atoms with Crippen LogP contribution in [0.2, 0.25) is 0 Å². The van der Waals surface area contributed by atoms with Crippen molar-refractivity contribution >= 4 is 21.6 Å². The molecule has 2 aliphatic rings. The van der Waals surface area contributed by atoms with E-state index >= 15 is 0 Å². The van der Waals surface area contributed by atoms with Crippen LogP contribution in [0, 0.1) is 6.92 Å². The Kier molecular flexibility index (Phi) is 6.11. The highest BCUT2D eigenvalue weighted by atomic mass is 32.2. The molecule has 0 bridgehead atoms. The molecule has 2 saturated heterocycles. The van der Waals surface area contributed by atoms with E-state index in [4.69, 9.17) is 0 Å². The van der Waals surface area contributed by atoms with Crippen molar-refractivity contribution in [3.8, 4) is 0 Å². The van der Waals surface area contributed by atoms with Crippen LogP contribution in [0.25, 0.3) is 0 Å². The average Bonchev–Trinajstić information content (AvgIpc) is 2.80. The van der Waals surface area contributed by atoms with Gasteiger partial charge in [0.1, 0.15) is 0 Å². The number of para-hydroxylation sites is 1. The molecule has 0 aromatic heterocycles. The summed E-state index contributed by atoms with van der Waals surface area (Å²) in [5, 5.41) is 0. The Hall–Kier alpha value is -2.38. The molecule has 1 amide bonds. The van der Waals surface area contributed by atoms with E-state index in [1.807, 2.05) is 17.0 Å². The number of hydrogen-bond acceptors (Lipinski definition) is 4. The van der Waals surface area contributed by atoms with Crippen molar-refractivity contribution in [2.45, 2.75) is 31.1 Å². The summed E-state index contributed by atoms with van der Waals surface area (Å²) in [6.45, 7) is 6.15. The lowest BCUT2D eigenvalue weighted by Crippen LogP contribution is -2.49. The van der Waals surface area contributed by atoms with Crippen LogP contribution in [0.1, 0.15) is 35.2 Å². The Morgan fingerprint density at radius 1 is 0.800 bits per heavy atom. The van der Waals surface area contributed by atoms with E-state index in [2.05, 4.69) is 24.0 Å². The normalized spacial score (nSPS) is 18.4. The highest BCUT2D eigenvalue weighted by Crippen LogP contribution is 2.23. The number of piperazine rings is 1. The molecule has 0 radical (unpaired) electrons. The lowest BCUT2D eigenvalue weighted by Gasteiger charge is -2.36. The Morgan fingerprint density at radius 3 is 2.07 bits per heavy atom. The number of piperidine rings is 1. The van der Waals surface area contributed by atoms with E-state index in [1.165, 1.54) is 11.3 Å². The summed E-state index contributed by atoms with van der Waals surface area (Å²) in [7, 11) is -3.47. The zero-order valence-electron chi connectivity index (χ0n) is 17.5. The SMILES string of the molecule is Cc1ccccc1N1CCN(C(=O)c2ccc(S(=O)(=O)N3CCCCC3)cc2)CC1. The third kappa shape index (κ3) is 4.23. The van der Waals surface area contributed by atoms with Gasteiger partial charge in [0, 0.05) is 50.5 Å². The monoisotopic (exact) mass is 427 g/mol. The van der Waals surface area contributed by atoms with E-state index in [-0.39, 0.29) is 10.8 Å². The first-order valence-corrected chi connectivity index (χ1v) is 12.1. The Morgan fingerprint density at radius 2 is 1.43 bits per heavy atom. The van der Waals surface area contributed by atoms with E-state index in [0.29, 0.717) is 31.7 Å². The van der Waals surface area contributed by atoms with E-state index in [9.17, 15) is 13.2 Å². The predicted molar refractivity (Wildman–Crippen MR) is 118 cm³/mol. The van der Waals surface area contributed by atoms with Gasteiger partial charge in [-0.05, 0) is 55.7 Å². The molecule has 0 saturated carbocycles. The number of rotatable bonds is 4. The van der Waals surface area contributed by atoms with E-state index < -0.39 is 10.0 Å². The van der Waals surface area contributed by atoms with Gasteiger partial charge in [-0.15, -0.1) is 0 Å². The summed E-state index contributed by atoms with van der Waals surface area (Å²) >= 11 is 0. The third-order valence-electron chi connectivity index (χ3n) is 6.08. The second-order valence-corrected chi connectivity index (χ2v) is 9.99. The van der Waals surface area contributed by atoms with Gasteiger partial charge in [-0.2, -0.15) is 4.31 Å². The number of carbonyl (C=O) groups is 1. The summed E-state index contributed by atoms with van der Waals surface area (Å²) in [5.41, 5.74) is 3.00. The maximum Gasteiger partial charge on any atom is 0.253 e. The molecule has 6 nitrogen and oxygen atoms in total. The highest BCUT2D eigenvalue weighted by molar-refractivity contribution is 7.89. The predicted octanol–water partition coefficient (Wildman–Crippen LogP) is 3.13. The molecule has 2 heterocycles. The Balaban J connectivity index is 1.40. The first kappa shape index (κ1) is 20.9. The number of benzene rings is 2. The molecule has 0 aliphatic carbocycles. The number of anilines is 1.